The van der Waals surface area contributed by atoms with Gasteiger partial charge in [0, 0.05) is 52.5 Å². The topological polar surface area (TPSA) is 60.0 Å². The molecule has 2 N–H and O–H groups in total. The van der Waals surface area contributed by atoms with Crippen LogP contribution in [0.2, 0.25) is 0 Å². The van der Waals surface area contributed by atoms with E-state index in [9.17, 15) is 4.79 Å². The third-order valence-corrected chi connectivity index (χ3v) is 6.12. The molecule has 0 radical (unpaired) electrons. The molecule has 2 fully saturated rings. The molecule has 0 bridgehead atoms. The summed E-state index contributed by atoms with van der Waals surface area (Å²) in [6.45, 7) is 2.71. The molecule has 1 unspecified atom stereocenters. The Balaban J connectivity index is 0.00000300. The molecule has 29 heavy (non-hydrogen) atoms. The van der Waals surface area contributed by atoms with E-state index in [1.807, 2.05) is 21.1 Å². The molecule has 1 aliphatic carbocycles. The third kappa shape index (κ3) is 5.99. The number of rotatable bonds is 5. The van der Waals surface area contributed by atoms with E-state index < -0.39 is 0 Å². The summed E-state index contributed by atoms with van der Waals surface area (Å²) < 4.78 is 0. The van der Waals surface area contributed by atoms with Gasteiger partial charge in [0.15, 0.2) is 5.96 Å². The summed E-state index contributed by atoms with van der Waals surface area (Å²) in [7, 11) is 5.52. The van der Waals surface area contributed by atoms with E-state index in [1.165, 1.54) is 5.69 Å². The summed E-state index contributed by atoms with van der Waals surface area (Å²) >= 11 is 0. The van der Waals surface area contributed by atoms with Gasteiger partial charge in [-0.15, -0.1) is 24.0 Å². The van der Waals surface area contributed by atoms with E-state index >= 15 is 0 Å². The highest BCUT2D eigenvalue weighted by Gasteiger charge is 2.42. The highest BCUT2D eigenvalue weighted by molar-refractivity contribution is 14.0. The first-order chi connectivity index (χ1) is 13.5. The average Bonchev–Trinajstić information content (AvgIpc) is 3.21. The molecule has 1 saturated carbocycles. The number of hydrogen-bond donors (Lipinski definition) is 2. The third-order valence-electron chi connectivity index (χ3n) is 6.12. The molecule has 162 valence electrons. The number of anilines is 1. The zero-order valence-electron chi connectivity index (χ0n) is 18.0. The lowest BCUT2D eigenvalue weighted by molar-refractivity contribution is -0.138. The normalized spacial score (nSPS) is 21.3. The quantitative estimate of drug-likeness (QED) is 0.361. The molecular weight excluding hydrogens is 477 g/mol. The number of carbonyl (C=O) groups is 1. The van der Waals surface area contributed by atoms with Crippen molar-refractivity contribution >= 4 is 41.5 Å². The standard InChI is InChI=1S/C22H35N5O.HI/c1-23-21(24-17-22(13-7-8-14-22)20(28)26(2)3)25-18-10-9-15-27(16-18)19-11-5-4-6-12-19;/h4-6,11-12,18H,7-10,13-17H2,1-3H3,(H2,23,24,25);1H. The van der Waals surface area contributed by atoms with Crippen LogP contribution in [0.3, 0.4) is 0 Å². The van der Waals surface area contributed by atoms with Crippen molar-refractivity contribution in [3.05, 3.63) is 30.3 Å². The van der Waals surface area contributed by atoms with Crippen LogP contribution in [0.1, 0.15) is 38.5 Å². The van der Waals surface area contributed by atoms with Gasteiger partial charge in [-0.05, 0) is 37.8 Å². The molecule has 3 rings (SSSR count). The Bertz CT molecular complexity index is 673. The van der Waals surface area contributed by atoms with Gasteiger partial charge in [-0.25, -0.2) is 0 Å². The van der Waals surface area contributed by atoms with Crippen LogP contribution in [0.25, 0.3) is 0 Å². The summed E-state index contributed by atoms with van der Waals surface area (Å²) in [4.78, 5) is 21.4. The second-order valence-electron chi connectivity index (χ2n) is 8.38. The summed E-state index contributed by atoms with van der Waals surface area (Å²) in [6.07, 6.45) is 6.46. The number of amides is 1. The first-order valence-electron chi connectivity index (χ1n) is 10.5. The zero-order valence-corrected chi connectivity index (χ0v) is 20.3. The molecule has 6 nitrogen and oxygen atoms in total. The van der Waals surface area contributed by atoms with Crippen molar-refractivity contribution in [3.63, 3.8) is 0 Å². The Morgan fingerprint density at radius 3 is 2.52 bits per heavy atom. The molecule has 1 saturated heterocycles. The summed E-state index contributed by atoms with van der Waals surface area (Å²) in [6, 6.07) is 10.9. The van der Waals surface area contributed by atoms with Crippen molar-refractivity contribution in [1.29, 1.82) is 0 Å². The zero-order chi connectivity index (χ0) is 20.0. The van der Waals surface area contributed by atoms with E-state index in [0.717, 1.165) is 57.6 Å². The fraction of sp³-hybridized carbons (Fsp3) is 0.636. The second-order valence-corrected chi connectivity index (χ2v) is 8.38. The van der Waals surface area contributed by atoms with Crippen LogP contribution < -0.4 is 15.5 Å². The number of piperidine rings is 1. The number of nitrogens with one attached hydrogen (secondary N) is 2. The molecule has 2 aliphatic rings. The van der Waals surface area contributed by atoms with Crippen molar-refractivity contribution in [2.24, 2.45) is 10.4 Å². The van der Waals surface area contributed by atoms with Gasteiger partial charge in [0.05, 0.1) is 5.41 Å². The van der Waals surface area contributed by atoms with Crippen molar-refractivity contribution in [2.45, 2.75) is 44.6 Å². The SMILES string of the molecule is CN=C(NCC1(C(=O)N(C)C)CCCC1)NC1CCCN(c2ccccc2)C1.I. The number of aliphatic imine (C=N–C) groups is 1. The molecule has 1 aliphatic heterocycles. The number of carbonyl (C=O) groups excluding carboxylic acids is 1. The minimum Gasteiger partial charge on any atom is -0.369 e. The number of guanidine groups is 1. The smallest absolute Gasteiger partial charge is 0.230 e. The van der Waals surface area contributed by atoms with E-state index in [-0.39, 0.29) is 35.3 Å². The van der Waals surface area contributed by atoms with Gasteiger partial charge in [-0.3, -0.25) is 9.79 Å². The van der Waals surface area contributed by atoms with Gasteiger partial charge < -0.3 is 20.4 Å². The average molecular weight is 513 g/mol. The van der Waals surface area contributed by atoms with E-state index in [2.05, 4.69) is 50.9 Å². The van der Waals surface area contributed by atoms with Gasteiger partial charge in [0.25, 0.3) is 0 Å². The minimum absolute atomic E-state index is 0. The highest BCUT2D eigenvalue weighted by atomic mass is 127. The van der Waals surface area contributed by atoms with Gasteiger partial charge in [-0.1, -0.05) is 31.0 Å². The number of halogens is 1. The van der Waals surface area contributed by atoms with E-state index in [0.29, 0.717) is 12.6 Å². The summed E-state index contributed by atoms with van der Waals surface area (Å²) in [5, 5.41) is 7.05. The predicted molar refractivity (Wildman–Crippen MR) is 131 cm³/mol. The fourth-order valence-corrected chi connectivity index (χ4v) is 4.60. The first-order valence-corrected chi connectivity index (χ1v) is 10.5. The lowest BCUT2D eigenvalue weighted by Gasteiger charge is -2.36. The minimum atomic E-state index is -0.288. The van der Waals surface area contributed by atoms with Crippen LogP contribution in [0.4, 0.5) is 5.69 Å². The van der Waals surface area contributed by atoms with E-state index in [4.69, 9.17) is 0 Å². The van der Waals surface area contributed by atoms with Crippen LogP contribution in [-0.4, -0.2) is 63.6 Å². The van der Waals surface area contributed by atoms with Crippen LogP contribution in [-0.2, 0) is 4.79 Å². The Morgan fingerprint density at radius 1 is 1.21 bits per heavy atom. The van der Waals surface area contributed by atoms with E-state index in [1.54, 1.807) is 4.90 Å². The molecule has 1 amide bonds. The van der Waals surface area contributed by atoms with Crippen molar-refractivity contribution in [3.8, 4) is 0 Å². The van der Waals surface area contributed by atoms with Crippen molar-refractivity contribution < 1.29 is 4.79 Å². The van der Waals surface area contributed by atoms with Crippen LogP contribution >= 0.6 is 24.0 Å². The number of benzene rings is 1. The largest absolute Gasteiger partial charge is 0.369 e. The molecule has 0 aromatic heterocycles. The molecule has 1 aromatic carbocycles. The number of nitrogens with zero attached hydrogens (tertiary/aromatic N) is 3. The predicted octanol–water partition coefficient (Wildman–Crippen LogP) is 3.09. The molecule has 1 heterocycles. The first kappa shape index (κ1) is 23.8. The van der Waals surface area contributed by atoms with Crippen molar-refractivity contribution in [1.82, 2.24) is 15.5 Å². The molecule has 1 aromatic rings. The molecule has 7 heteroatoms. The number of para-hydroxylation sites is 1. The molecule has 1 atom stereocenters. The summed E-state index contributed by atoms with van der Waals surface area (Å²) in [5.41, 5.74) is 0.988. The van der Waals surface area contributed by atoms with Crippen LogP contribution in [0.15, 0.2) is 35.3 Å². The Labute approximate surface area is 192 Å². The maximum atomic E-state index is 12.8. The Hall–Kier alpha value is -1.51. The van der Waals surface area contributed by atoms with Gasteiger partial charge in [0.2, 0.25) is 5.91 Å². The summed E-state index contributed by atoms with van der Waals surface area (Å²) in [5.74, 6) is 1.04. The highest BCUT2D eigenvalue weighted by Crippen LogP contribution is 2.38. The fourth-order valence-electron chi connectivity index (χ4n) is 4.60. The lowest BCUT2D eigenvalue weighted by atomic mass is 9.84. The molecular formula is C22H36IN5O. The number of hydrogen-bond acceptors (Lipinski definition) is 3. The molecule has 0 spiro atoms. The lowest BCUT2D eigenvalue weighted by Crippen LogP contribution is -2.54. The Kier molecular flexibility index (Phi) is 9.04. The van der Waals surface area contributed by atoms with Gasteiger partial charge in [-0.2, -0.15) is 0 Å². The van der Waals surface area contributed by atoms with Gasteiger partial charge >= 0.3 is 0 Å². The maximum absolute atomic E-state index is 12.8. The van der Waals surface area contributed by atoms with Crippen molar-refractivity contribution in [2.75, 3.05) is 45.7 Å². The van der Waals surface area contributed by atoms with Crippen LogP contribution in [0, 0.1) is 5.41 Å². The van der Waals surface area contributed by atoms with Gasteiger partial charge in [0.1, 0.15) is 0 Å². The monoisotopic (exact) mass is 513 g/mol. The van der Waals surface area contributed by atoms with Crippen LogP contribution in [0.5, 0.6) is 0 Å². The second kappa shape index (κ2) is 11.0. The Morgan fingerprint density at radius 2 is 1.90 bits per heavy atom. The maximum Gasteiger partial charge on any atom is 0.230 e.